The lowest BCUT2D eigenvalue weighted by Gasteiger charge is -2.15. The fourth-order valence-corrected chi connectivity index (χ4v) is 1.67. The standard InChI is InChI=1S/C12H19FN2/c1-3-12(15-4-2)6-5-10-7-11(13)9-14-8-10/h7-9,12,15H,3-6H2,1-2H3. The molecule has 0 amide bonds. The third-order valence-electron chi connectivity index (χ3n) is 2.53. The first-order chi connectivity index (χ1) is 7.26. The van der Waals surface area contributed by atoms with Gasteiger partial charge in [0.25, 0.3) is 0 Å². The summed E-state index contributed by atoms with van der Waals surface area (Å²) < 4.78 is 12.8. The van der Waals surface area contributed by atoms with Gasteiger partial charge in [0, 0.05) is 12.2 Å². The minimum atomic E-state index is -0.246. The molecule has 0 aliphatic carbocycles. The van der Waals surface area contributed by atoms with E-state index in [0.717, 1.165) is 31.4 Å². The molecule has 1 unspecified atom stereocenters. The molecule has 0 spiro atoms. The molecule has 0 aliphatic heterocycles. The van der Waals surface area contributed by atoms with Crippen molar-refractivity contribution in [2.24, 2.45) is 0 Å². The Balaban J connectivity index is 2.41. The second-order valence-corrected chi connectivity index (χ2v) is 3.71. The molecule has 15 heavy (non-hydrogen) atoms. The molecule has 1 N–H and O–H groups in total. The molecule has 0 fully saturated rings. The Morgan fingerprint density at radius 3 is 2.80 bits per heavy atom. The number of pyridine rings is 1. The second-order valence-electron chi connectivity index (χ2n) is 3.71. The molecule has 1 aromatic heterocycles. The summed E-state index contributed by atoms with van der Waals surface area (Å²) in [6.45, 7) is 5.25. The van der Waals surface area contributed by atoms with E-state index < -0.39 is 0 Å². The van der Waals surface area contributed by atoms with Crippen LogP contribution in [0.4, 0.5) is 4.39 Å². The van der Waals surface area contributed by atoms with Crippen molar-refractivity contribution in [2.75, 3.05) is 6.54 Å². The molecule has 0 aliphatic rings. The van der Waals surface area contributed by atoms with Gasteiger partial charge in [0.05, 0.1) is 6.20 Å². The Hall–Kier alpha value is -0.960. The predicted molar refractivity (Wildman–Crippen MR) is 60.3 cm³/mol. The molecule has 1 rings (SSSR count). The van der Waals surface area contributed by atoms with Gasteiger partial charge in [0.15, 0.2) is 0 Å². The van der Waals surface area contributed by atoms with Crippen molar-refractivity contribution < 1.29 is 4.39 Å². The minimum Gasteiger partial charge on any atom is -0.314 e. The fraction of sp³-hybridized carbons (Fsp3) is 0.583. The second kappa shape index (κ2) is 6.51. The van der Waals surface area contributed by atoms with Crippen LogP contribution in [0.5, 0.6) is 0 Å². The van der Waals surface area contributed by atoms with Crippen molar-refractivity contribution >= 4 is 0 Å². The van der Waals surface area contributed by atoms with Crippen molar-refractivity contribution in [3.05, 3.63) is 29.8 Å². The lowest BCUT2D eigenvalue weighted by molar-refractivity contribution is 0.480. The van der Waals surface area contributed by atoms with Gasteiger partial charge < -0.3 is 5.32 Å². The van der Waals surface area contributed by atoms with Crippen molar-refractivity contribution in [1.82, 2.24) is 10.3 Å². The Morgan fingerprint density at radius 2 is 2.20 bits per heavy atom. The zero-order valence-corrected chi connectivity index (χ0v) is 9.46. The first-order valence-electron chi connectivity index (χ1n) is 5.59. The van der Waals surface area contributed by atoms with Gasteiger partial charge in [0.2, 0.25) is 0 Å². The normalized spacial score (nSPS) is 12.7. The summed E-state index contributed by atoms with van der Waals surface area (Å²) in [5.74, 6) is -0.246. The van der Waals surface area contributed by atoms with Crippen LogP contribution in [0.3, 0.4) is 0 Å². The van der Waals surface area contributed by atoms with Crippen molar-refractivity contribution in [3.8, 4) is 0 Å². The van der Waals surface area contributed by atoms with Gasteiger partial charge >= 0.3 is 0 Å². The maximum absolute atomic E-state index is 12.8. The summed E-state index contributed by atoms with van der Waals surface area (Å²) in [6.07, 6.45) is 6.01. The molecule has 1 atom stereocenters. The van der Waals surface area contributed by atoms with Gasteiger partial charge in [-0.15, -0.1) is 0 Å². The van der Waals surface area contributed by atoms with Gasteiger partial charge in [-0.1, -0.05) is 13.8 Å². The lowest BCUT2D eigenvalue weighted by atomic mass is 10.0. The van der Waals surface area contributed by atoms with Gasteiger partial charge in [0.1, 0.15) is 5.82 Å². The number of nitrogens with zero attached hydrogens (tertiary/aromatic N) is 1. The van der Waals surface area contributed by atoms with Crippen LogP contribution < -0.4 is 5.32 Å². The van der Waals surface area contributed by atoms with Crippen LogP contribution in [0.15, 0.2) is 18.5 Å². The quantitative estimate of drug-likeness (QED) is 0.780. The SMILES string of the molecule is CCNC(CC)CCc1cncc(F)c1. The van der Waals surface area contributed by atoms with Crippen LogP contribution in [0.25, 0.3) is 0 Å². The maximum Gasteiger partial charge on any atom is 0.141 e. The molecule has 2 nitrogen and oxygen atoms in total. The molecule has 0 saturated carbocycles. The maximum atomic E-state index is 12.8. The van der Waals surface area contributed by atoms with Gasteiger partial charge in [-0.3, -0.25) is 4.98 Å². The van der Waals surface area contributed by atoms with E-state index in [1.165, 1.54) is 6.20 Å². The number of rotatable bonds is 6. The third kappa shape index (κ3) is 4.38. The number of hydrogen-bond acceptors (Lipinski definition) is 2. The average Bonchev–Trinajstić information content (AvgIpc) is 2.24. The van der Waals surface area contributed by atoms with Gasteiger partial charge in [-0.05, 0) is 37.4 Å². The Morgan fingerprint density at radius 1 is 1.40 bits per heavy atom. The smallest absolute Gasteiger partial charge is 0.141 e. The first-order valence-corrected chi connectivity index (χ1v) is 5.59. The highest BCUT2D eigenvalue weighted by atomic mass is 19.1. The minimum absolute atomic E-state index is 0.246. The van der Waals surface area contributed by atoms with E-state index in [1.807, 2.05) is 0 Å². The van der Waals surface area contributed by atoms with E-state index in [-0.39, 0.29) is 5.82 Å². The summed E-state index contributed by atoms with van der Waals surface area (Å²) in [4.78, 5) is 3.84. The topological polar surface area (TPSA) is 24.9 Å². The zero-order chi connectivity index (χ0) is 11.1. The van der Waals surface area contributed by atoms with Gasteiger partial charge in [-0.25, -0.2) is 4.39 Å². The summed E-state index contributed by atoms with van der Waals surface area (Å²) in [7, 11) is 0. The van der Waals surface area contributed by atoms with Crippen LogP contribution in [0.1, 0.15) is 32.3 Å². The van der Waals surface area contributed by atoms with E-state index in [0.29, 0.717) is 6.04 Å². The number of aromatic nitrogens is 1. The number of nitrogens with one attached hydrogen (secondary N) is 1. The molecule has 3 heteroatoms. The van der Waals surface area contributed by atoms with Gasteiger partial charge in [-0.2, -0.15) is 0 Å². The van der Waals surface area contributed by atoms with Crippen LogP contribution in [0.2, 0.25) is 0 Å². The number of hydrogen-bond donors (Lipinski definition) is 1. The van der Waals surface area contributed by atoms with E-state index in [9.17, 15) is 4.39 Å². The van der Waals surface area contributed by atoms with Crippen molar-refractivity contribution in [2.45, 2.75) is 39.2 Å². The monoisotopic (exact) mass is 210 g/mol. The number of aryl methyl sites for hydroxylation is 1. The summed E-state index contributed by atoms with van der Waals surface area (Å²) in [5.41, 5.74) is 0.978. The van der Waals surface area contributed by atoms with Crippen LogP contribution >= 0.6 is 0 Å². The van der Waals surface area contributed by atoms with E-state index >= 15 is 0 Å². The Bertz CT molecular complexity index is 289. The van der Waals surface area contributed by atoms with E-state index in [1.54, 1.807) is 12.3 Å². The Kier molecular flexibility index (Phi) is 5.26. The third-order valence-corrected chi connectivity index (χ3v) is 2.53. The summed E-state index contributed by atoms with van der Waals surface area (Å²) in [5, 5.41) is 3.40. The molecule has 0 bridgehead atoms. The van der Waals surface area contributed by atoms with Crippen LogP contribution in [0, 0.1) is 5.82 Å². The molecule has 0 saturated heterocycles. The van der Waals surface area contributed by atoms with Crippen molar-refractivity contribution in [3.63, 3.8) is 0 Å². The molecular weight excluding hydrogens is 191 g/mol. The van der Waals surface area contributed by atoms with Crippen LogP contribution in [-0.2, 0) is 6.42 Å². The van der Waals surface area contributed by atoms with Crippen molar-refractivity contribution in [1.29, 1.82) is 0 Å². The lowest BCUT2D eigenvalue weighted by Crippen LogP contribution is -2.28. The fourth-order valence-electron chi connectivity index (χ4n) is 1.67. The molecule has 0 radical (unpaired) electrons. The highest BCUT2D eigenvalue weighted by Crippen LogP contribution is 2.07. The summed E-state index contributed by atoms with van der Waals surface area (Å²) in [6, 6.07) is 2.09. The largest absolute Gasteiger partial charge is 0.314 e. The summed E-state index contributed by atoms with van der Waals surface area (Å²) >= 11 is 0. The van der Waals surface area contributed by atoms with E-state index in [4.69, 9.17) is 0 Å². The first kappa shape index (κ1) is 12.1. The van der Waals surface area contributed by atoms with E-state index in [2.05, 4.69) is 24.1 Å². The molecule has 84 valence electrons. The molecule has 1 heterocycles. The molecule has 0 aromatic carbocycles. The Labute approximate surface area is 90.9 Å². The molecule has 1 aromatic rings. The molecular formula is C12H19FN2. The van der Waals surface area contributed by atoms with Crippen LogP contribution in [-0.4, -0.2) is 17.6 Å². The predicted octanol–water partition coefficient (Wildman–Crippen LogP) is 2.54. The zero-order valence-electron chi connectivity index (χ0n) is 9.46. The number of halogens is 1. The highest BCUT2D eigenvalue weighted by Gasteiger charge is 2.05. The average molecular weight is 210 g/mol. The highest BCUT2D eigenvalue weighted by molar-refractivity contribution is 5.10.